The average Bonchev–Trinajstić information content (AvgIpc) is 2.25. The molecule has 0 aromatic carbocycles. The quantitative estimate of drug-likeness (QED) is 0.881. The number of aromatic nitrogens is 2. The molecule has 0 unspecified atom stereocenters. The van der Waals surface area contributed by atoms with Crippen LogP contribution in [0, 0.1) is 5.92 Å². The molecule has 0 saturated heterocycles. The second-order valence-electron chi connectivity index (χ2n) is 4.53. The highest BCUT2D eigenvalue weighted by atomic mass is 19.4. The van der Waals surface area contributed by atoms with Crippen molar-refractivity contribution in [3.63, 3.8) is 0 Å². The van der Waals surface area contributed by atoms with Gasteiger partial charge in [0, 0.05) is 12.2 Å². The number of nitrogens with one attached hydrogen (secondary N) is 1. The lowest BCUT2D eigenvalue weighted by atomic mass is 10.1. The zero-order chi connectivity index (χ0) is 13.8. The molecular weight excluding hydrogens is 243 g/mol. The number of halogens is 3. The summed E-state index contributed by atoms with van der Waals surface area (Å²) in [6, 6.07) is 1.03. The number of aryl methyl sites for hydroxylation is 1. The fourth-order valence-corrected chi connectivity index (χ4v) is 1.44. The summed E-state index contributed by atoms with van der Waals surface area (Å²) in [6.07, 6.45) is -3.10. The SMILES string of the molecule is CCNc1nc(CCC(C)C)cc(C(F)(F)F)n1. The van der Waals surface area contributed by atoms with Gasteiger partial charge in [-0.05, 0) is 31.7 Å². The third-order valence-corrected chi connectivity index (χ3v) is 2.38. The molecule has 0 aliphatic rings. The maximum Gasteiger partial charge on any atom is 0.433 e. The molecule has 1 aromatic rings. The van der Waals surface area contributed by atoms with E-state index in [9.17, 15) is 13.2 Å². The number of nitrogens with zero attached hydrogens (tertiary/aromatic N) is 2. The van der Waals surface area contributed by atoms with Gasteiger partial charge in [-0.15, -0.1) is 0 Å². The van der Waals surface area contributed by atoms with Crippen molar-refractivity contribution in [2.45, 2.75) is 39.8 Å². The largest absolute Gasteiger partial charge is 0.433 e. The lowest BCUT2D eigenvalue weighted by molar-refractivity contribution is -0.141. The Morgan fingerprint density at radius 2 is 1.94 bits per heavy atom. The van der Waals surface area contributed by atoms with E-state index < -0.39 is 11.9 Å². The topological polar surface area (TPSA) is 37.8 Å². The van der Waals surface area contributed by atoms with Crippen molar-refractivity contribution in [2.75, 3.05) is 11.9 Å². The third-order valence-electron chi connectivity index (χ3n) is 2.38. The Balaban J connectivity index is 2.98. The van der Waals surface area contributed by atoms with Gasteiger partial charge in [-0.3, -0.25) is 0 Å². The molecule has 0 bridgehead atoms. The van der Waals surface area contributed by atoms with Crippen LogP contribution < -0.4 is 5.32 Å². The van der Waals surface area contributed by atoms with Crippen molar-refractivity contribution >= 4 is 5.95 Å². The summed E-state index contributed by atoms with van der Waals surface area (Å²) in [4.78, 5) is 7.56. The first-order valence-corrected chi connectivity index (χ1v) is 6.02. The minimum absolute atomic E-state index is 0.0473. The summed E-state index contributed by atoms with van der Waals surface area (Å²) in [6.45, 7) is 6.33. The molecule has 1 aromatic heterocycles. The first kappa shape index (κ1) is 14.7. The number of alkyl halides is 3. The highest BCUT2D eigenvalue weighted by Crippen LogP contribution is 2.28. The first-order valence-electron chi connectivity index (χ1n) is 6.02. The Morgan fingerprint density at radius 1 is 1.28 bits per heavy atom. The van der Waals surface area contributed by atoms with Crippen LogP contribution in [-0.2, 0) is 12.6 Å². The van der Waals surface area contributed by atoms with Gasteiger partial charge in [-0.1, -0.05) is 13.8 Å². The zero-order valence-electron chi connectivity index (χ0n) is 10.8. The van der Waals surface area contributed by atoms with Gasteiger partial charge in [-0.2, -0.15) is 13.2 Å². The molecule has 18 heavy (non-hydrogen) atoms. The molecular formula is C12H18F3N3. The lowest BCUT2D eigenvalue weighted by Gasteiger charge is -2.11. The summed E-state index contributed by atoms with van der Waals surface area (Å²) in [7, 11) is 0. The normalized spacial score (nSPS) is 11.9. The van der Waals surface area contributed by atoms with Crippen molar-refractivity contribution in [3.8, 4) is 0 Å². The number of hydrogen-bond acceptors (Lipinski definition) is 3. The van der Waals surface area contributed by atoms with Gasteiger partial charge in [0.25, 0.3) is 0 Å². The van der Waals surface area contributed by atoms with E-state index in [4.69, 9.17) is 0 Å². The van der Waals surface area contributed by atoms with Crippen LogP contribution in [-0.4, -0.2) is 16.5 Å². The molecule has 0 saturated carbocycles. The second kappa shape index (κ2) is 6.02. The Labute approximate surface area is 105 Å². The highest BCUT2D eigenvalue weighted by Gasteiger charge is 2.33. The Bertz CT molecular complexity index is 389. The third kappa shape index (κ3) is 4.50. The van der Waals surface area contributed by atoms with Crippen LogP contribution in [0.25, 0.3) is 0 Å². The van der Waals surface area contributed by atoms with Crippen LogP contribution in [0.4, 0.5) is 19.1 Å². The van der Waals surface area contributed by atoms with E-state index in [2.05, 4.69) is 15.3 Å². The minimum Gasteiger partial charge on any atom is -0.354 e. The van der Waals surface area contributed by atoms with Crippen molar-refractivity contribution in [3.05, 3.63) is 17.5 Å². The summed E-state index contributed by atoms with van der Waals surface area (Å²) < 4.78 is 38.0. The van der Waals surface area contributed by atoms with Crippen molar-refractivity contribution < 1.29 is 13.2 Å². The van der Waals surface area contributed by atoms with Crippen molar-refractivity contribution in [1.29, 1.82) is 0 Å². The van der Waals surface area contributed by atoms with E-state index in [0.29, 0.717) is 24.6 Å². The molecule has 102 valence electrons. The monoisotopic (exact) mass is 261 g/mol. The molecule has 0 aliphatic heterocycles. The molecule has 0 amide bonds. The molecule has 1 N–H and O–H groups in total. The maximum atomic E-state index is 12.7. The van der Waals surface area contributed by atoms with Gasteiger partial charge < -0.3 is 5.32 Å². The van der Waals surface area contributed by atoms with Crippen LogP contribution in [0.15, 0.2) is 6.07 Å². The average molecular weight is 261 g/mol. The first-order chi connectivity index (χ1) is 8.32. The van der Waals surface area contributed by atoms with Crippen LogP contribution in [0.3, 0.4) is 0 Å². The van der Waals surface area contributed by atoms with Crippen molar-refractivity contribution in [1.82, 2.24) is 9.97 Å². The van der Waals surface area contributed by atoms with E-state index in [1.54, 1.807) is 6.92 Å². The van der Waals surface area contributed by atoms with Gasteiger partial charge in [0.2, 0.25) is 5.95 Å². The maximum absolute atomic E-state index is 12.7. The van der Waals surface area contributed by atoms with E-state index in [0.717, 1.165) is 12.5 Å². The molecule has 1 rings (SSSR count). The van der Waals surface area contributed by atoms with E-state index >= 15 is 0 Å². The fourth-order valence-electron chi connectivity index (χ4n) is 1.44. The van der Waals surface area contributed by atoms with E-state index in [1.807, 2.05) is 13.8 Å². The summed E-state index contributed by atoms with van der Waals surface area (Å²) >= 11 is 0. The number of anilines is 1. The second-order valence-corrected chi connectivity index (χ2v) is 4.53. The van der Waals surface area contributed by atoms with Crippen LogP contribution in [0.1, 0.15) is 38.6 Å². The van der Waals surface area contributed by atoms with Gasteiger partial charge in [0.05, 0.1) is 0 Å². The molecule has 3 nitrogen and oxygen atoms in total. The molecule has 0 fully saturated rings. The van der Waals surface area contributed by atoms with Gasteiger partial charge in [-0.25, -0.2) is 9.97 Å². The van der Waals surface area contributed by atoms with Crippen LogP contribution >= 0.6 is 0 Å². The lowest BCUT2D eigenvalue weighted by Crippen LogP contribution is -2.13. The predicted octanol–water partition coefficient (Wildman–Crippen LogP) is 3.52. The van der Waals surface area contributed by atoms with Gasteiger partial charge in [0.15, 0.2) is 0 Å². The zero-order valence-corrected chi connectivity index (χ0v) is 10.8. The summed E-state index contributed by atoms with van der Waals surface area (Å²) in [5, 5.41) is 2.73. The summed E-state index contributed by atoms with van der Waals surface area (Å²) in [5.41, 5.74) is -0.450. The standard InChI is InChI=1S/C12H18F3N3/c1-4-16-11-17-9(6-5-8(2)3)7-10(18-11)12(13,14)15/h7-8H,4-6H2,1-3H3,(H,16,17,18). The fraction of sp³-hybridized carbons (Fsp3) is 0.667. The van der Waals surface area contributed by atoms with Crippen LogP contribution in [0.2, 0.25) is 0 Å². The van der Waals surface area contributed by atoms with E-state index in [-0.39, 0.29) is 5.95 Å². The molecule has 0 radical (unpaired) electrons. The predicted molar refractivity (Wildman–Crippen MR) is 64.4 cm³/mol. The Kier molecular flexibility index (Phi) is 4.93. The van der Waals surface area contributed by atoms with Gasteiger partial charge in [0.1, 0.15) is 5.69 Å². The smallest absolute Gasteiger partial charge is 0.354 e. The van der Waals surface area contributed by atoms with E-state index in [1.165, 1.54) is 0 Å². The van der Waals surface area contributed by atoms with Crippen molar-refractivity contribution in [2.24, 2.45) is 5.92 Å². The number of hydrogen-bond donors (Lipinski definition) is 1. The highest BCUT2D eigenvalue weighted by molar-refractivity contribution is 5.29. The van der Waals surface area contributed by atoms with Gasteiger partial charge >= 0.3 is 6.18 Å². The minimum atomic E-state index is -4.43. The van der Waals surface area contributed by atoms with Crippen LogP contribution in [0.5, 0.6) is 0 Å². The number of rotatable bonds is 5. The molecule has 0 aliphatic carbocycles. The Hall–Kier alpha value is -1.33. The molecule has 0 atom stereocenters. The molecule has 1 heterocycles. The molecule has 6 heteroatoms. The Morgan fingerprint density at radius 3 is 2.44 bits per heavy atom. The summed E-state index contributed by atoms with van der Waals surface area (Å²) in [5.74, 6) is 0.475. The molecule has 0 spiro atoms.